The average Bonchev–Trinajstić information content (AvgIpc) is 2.89. The van der Waals surface area contributed by atoms with Gasteiger partial charge in [-0.2, -0.15) is 0 Å². The fourth-order valence-electron chi connectivity index (χ4n) is 3.38. The van der Waals surface area contributed by atoms with E-state index in [1.807, 2.05) is 12.1 Å². The summed E-state index contributed by atoms with van der Waals surface area (Å²) in [7, 11) is 0. The van der Waals surface area contributed by atoms with Crippen molar-refractivity contribution in [2.75, 3.05) is 11.9 Å². The highest BCUT2D eigenvalue weighted by molar-refractivity contribution is 5.97. The van der Waals surface area contributed by atoms with Crippen molar-refractivity contribution in [3.63, 3.8) is 0 Å². The Labute approximate surface area is 125 Å². The standard InChI is InChI=1S/C17H22N2O2/c1-11-3-2-4-14(11)10-18-17(21)13-5-7-15-12(9-13)6-8-16(20)19-15/h5,7,9,11,14H,2-4,6,8,10H2,1H3,(H,18,21)(H,19,20). The SMILES string of the molecule is CC1CCCC1CNC(=O)c1ccc2c(c1)CCC(=O)N2. The maximum Gasteiger partial charge on any atom is 0.251 e. The third-order valence-electron chi connectivity index (χ3n) is 4.83. The molecule has 1 aromatic carbocycles. The number of hydrogen-bond acceptors (Lipinski definition) is 2. The van der Waals surface area contributed by atoms with Gasteiger partial charge in [0.15, 0.2) is 0 Å². The summed E-state index contributed by atoms with van der Waals surface area (Å²) in [5.74, 6) is 1.37. The zero-order chi connectivity index (χ0) is 14.8. The first-order valence-electron chi connectivity index (χ1n) is 7.84. The fraction of sp³-hybridized carbons (Fsp3) is 0.529. The largest absolute Gasteiger partial charge is 0.352 e. The van der Waals surface area contributed by atoms with Crippen LogP contribution in [0.15, 0.2) is 18.2 Å². The molecule has 112 valence electrons. The van der Waals surface area contributed by atoms with Crippen LogP contribution in [-0.4, -0.2) is 18.4 Å². The van der Waals surface area contributed by atoms with Crippen molar-refractivity contribution < 1.29 is 9.59 Å². The lowest BCUT2D eigenvalue weighted by atomic mass is 9.97. The number of nitrogens with one attached hydrogen (secondary N) is 2. The summed E-state index contributed by atoms with van der Waals surface area (Å²) in [5.41, 5.74) is 2.58. The van der Waals surface area contributed by atoms with Gasteiger partial charge >= 0.3 is 0 Å². The fourth-order valence-corrected chi connectivity index (χ4v) is 3.38. The van der Waals surface area contributed by atoms with Crippen LogP contribution >= 0.6 is 0 Å². The number of fused-ring (bicyclic) bond motifs is 1. The molecule has 4 nitrogen and oxygen atoms in total. The Hall–Kier alpha value is -1.84. The van der Waals surface area contributed by atoms with E-state index in [4.69, 9.17) is 0 Å². The minimum absolute atomic E-state index is 0.00574. The van der Waals surface area contributed by atoms with Gasteiger partial charge in [0.25, 0.3) is 5.91 Å². The molecule has 1 heterocycles. The molecule has 1 saturated carbocycles. The van der Waals surface area contributed by atoms with Gasteiger partial charge in [-0.3, -0.25) is 9.59 Å². The van der Waals surface area contributed by atoms with E-state index in [1.165, 1.54) is 19.3 Å². The maximum atomic E-state index is 12.3. The molecule has 0 saturated heterocycles. The molecule has 1 aliphatic carbocycles. The van der Waals surface area contributed by atoms with Crippen LogP contribution < -0.4 is 10.6 Å². The molecule has 4 heteroatoms. The Balaban J connectivity index is 1.63. The second kappa shape index (κ2) is 5.88. The molecule has 2 amide bonds. The normalized spacial score (nSPS) is 24.3. The van der Waals surface area contributed by atoms with Crippen LogP contribution in [0.1, 0.15) is 48.5 Å². The number of carbonyl (C=O) groups excluding carboxylic acids is 2. The quantitative estimate of drug-likeness (QED) is 0.897. The van der Waals surface area contributed by atoms with E-state index in [0.717, 1.165) is 17.8 Å². The van der Waals surface area contributed by atoms with Crippen molar-refractivity contribution in [1.29, 1.82) is 0 Å². The third-order valence-corrected chi connectivity index (χ3v) is 4.83. The van der Waals surface area contributed by atoms with Crippen LogP contribution in [-0.2, 0) is 11.2 Å². The number of hydrogen-bond donors (Lipinski definition) is 2. The monoisotopic (exact) mass is 286 g/mol. The van der Waals surface area contributed by atoms with E-state index in [9.17, 15) is 9.59 Å². The Kier molecular flexibility index (Phi) is 3.95. The summed E-state index contributed by atoms with van der Waals surface area (Å²) >= 11 is 0. The minimum Gasteiger partial charge on any atom is -0.352 e. The van der Waals surface area contributed by atoms with E-state index in [2.05, 4.69) is 17.6 Å². The number of benzene rings is 1. The summed E-state index contributed by atoms with van der Waals surface area (Å²) in [4.78, 5) is 23.6. The first-order chi connectivity index (χ1) is 10.1. The molecular weight excluding hydrogens is 264 g/mol. The van der Waals surface area contributed by atoms with E-state index in [1.54, 1.807) is 6.07 Å². The second-order valence-corrected chi connectivity index (χ2v) is 6.30. The van der Waals surface area contributed by atoms with Gasteiger partial charge in [-0.25, -0.2) is 0 Å². The Morgan fingerprint density at radius 3 is 2.95 bits per heavy atom. The summed E-state index contributed by atoms with van der Waals surface area (Å²) in [5, 5.41) is 5.90. The number of carbonyl (C=O) groups is 2. The van der Waals surface area contributed by atoms with Crippen LogP contribution in [0.5, 0.6) is 0 Å². The minimum atomic E-state index is -0.00574. The molecule has 1 aliphatic heterocycles. The van der Waals surface area contributed by atoms with Crippen molar-refractivity contribution >= 4 is 17.5 Å². The van der Waals surface area contributed by atoms with Gasteiger partial charge in [0.05, 0.1) is 0 Å². The first-order valence-corrected chi connectivity index (χ1v) is 7.84. The summed E-state index contributed by atoms with van der Waals surface area (Å²) in [6.45, 7) is 3.04. The van der Waals surface area contributed by atoms with Crippen molar-refractivity contribution in [2.45, 2.75) is 39.0 Å². The van der Waals surface area contributed by atoms with Gasteiger partial charge in [-0.1, -0.05) is 19.8 Å². The summed E-state index contributed by atoms with van der Waals surface area (Å²) in [6.07, 6.45) is 4.98. The molecule has 2 unspecified atom stereocenters. The number of amides is 2. The Morgan fingerprint density at radius 1 is 1.33 bits per heavy atom. The molecular formula is C17H22N2O2. The second-order valence-electron chi connectivity index (χ2n) is 6.30. The average molecular weight is 286 g/mol. The molecule has 0 spiro atoms. The van der Waals surface area contributed by atoms with Crippen LogP contribution in [0.4, 0.5) is 5.69 Å². The van der Waals surface area contributed by atoms with Gasteiger partial charge in [-0.05, 0) is 48.4 Å². The third kappa shape index (κ3) is 3.09. The Bertz CT molecular complexity index is 568. The van der Waals surface area contributed by atoms with E-state index >= 15 is 0 Å². The van der Waals surface area contributed by atoms with Crippen LogP contribution in [0.2, 0.25) is 0 Å². The molecule has 2 aliphatic rings. The number of anilines is 1. The lowest BCUT2D eigenvalue weighted by Gasteiger charge is -2.18. The molecule has 0 aromatic heterocycles. The van der Waals surface area contributed by atoms with Gasteiger partial charge < -0.3 is 10.6 Å². The zero-order valence-corrected chi connectivity index (χ0v) is 12.4. The highest BCUT2D eigenvalue weighted by Crippen LogP contribution is 2.30. The van der Waals surface area contributed by atoms with Crippen molar-refractivity contribution in [1.82, 2.24) is 5.32 Å². The summed E-state index contributed by atoms with van der Waals surface area (Å²) in [6, 6.07) is 5.53. The maximum absolute atomic E-state index is 12.3. The Morgan fingerprint density at radius 2 is 2.19 bits per heavy atom. The smallest absolute Gasteiger partial charge is 0.251 e. The van der Waals surface area contributed by atoms with Crippen LogP contribution in [0, 0.1) is 11.8 Å². The molecule has 2 atom stereocenters. The van der Waals surface area contributed by atoms with E-state index in [-0.39, 0.29) is 11.8 Å². The zero-order valence-electron chi connectivity index (χ0n) is 12.4. The van der Waals surface area contributed by atoms with Crippen molar-refractivity contribution in [2.24, 2.45) is 11.8 Å². The lowest BCUT2D eigenvalue weighted by Crippen LogP contribution is -2.30. The van der Waals surface area contributed by atoms with Crippen LogP contribution in [0.25, 0.3) is 0 Å². The van der Waals surface area contributed by atoms with E-state index in [0.29, 0.717) is 30.2 Å². The lowest BCUT2D eigenvalue weighted by molar-refractivity contribution is -0.116. The van der Waals surface area contributed by atoms with E-state index < -0.39 is 0 Å². The molecule has 1 fully saturated rings. The van der Waals surface area contributed by atoms with Crippen molar-refractivity contribution in [3.8, 4) is 0 Å². The predicted molar refractivity (Wildman–Crippen MR) is 82.2 cm³/mol. The topological polar surface area (TPSA) is 58.2 Å². The molecule has 1 aromatic rings. The van der Waals surface area contributed by atoms with Gasteiger partial charge in [-0.15, -0.1) is 0 Å². The van der Waals surface area contributed by atoms with Crippen molar-refractivity contribution in [3.05, 3.63) is 29.3 Å². The number of aryl methyl sites for hydroxylation is 1. The summed E-state index contributed by atoms with van der Waals surface area (Å²) < 4.78 is 0. The predicted octanol–water partition coefficient (Wildman–Crippen LogP) is 2.74. The molecule has 0 bridgehead atoms. The van der Waals surface area contributed by atoms with Crippen LogP contribution in [0.3, 0.4) is 0 Å². The van der Waals surface area contributed by atoms with Gasteiger partial charge in [0.1, 0.15) is 0 Å². The molecule has 3 rings (SSSR count). The molecule has 21 heavy (non-hydrogen) atoms. The van der Waals surface area contributed by atoms with Gasteiger partial charge in [0, 0.05) is 24.2 Å². The molecule has 0 radical (unpaired) electrons. The van der Waals surface area contributed by atoms with Gasteiger partial charge in [0.2, 0.25) is 5.91 Å². The highest BCUT2D eigenvalue weighted by Gasteiger charge is 2.24. The molecule has 2 N–H and O–H groups in total. The first kappa shape index (κ1) is 14.1. The highest BCUT2D eigenvalue weighted by atomic mass is 16.2. The number of rotatable bonds is 3.